The number of hydrogen-bond acceptors (Lipinski definition) is 6. The zero-order valence-electron chi connectivity index (χ0n) is 12.0. The van der Waals surface area contributed by atoms with Gasteiger partial charge in [0.15, 0.2) is 5.82 Å². The van der Waals surface area contributed by atoms with Gasteiger partial charge in [0.25, 0.3) is 0 Å². The minimum absolute atomic E-state index is 0.0290. The van der Waals surface area contributed by atoms with Crippen LogP contribution in [0.25, 0.3) is 11.3 Å². The van der Waals surface area contributed by atoms with Gasteiger partial charge in [-0.25, -0.2) is 14.4 Å². The third-order valence-electron chi connectivity index (χ3n) is 2.80. The molecule has 0 atom stereocenters. The molecule has 2 aromatic heterocycles. The van der Waals surface area contributed by atoms with Gasteiger partial charge in [-0.2, -0.15) is 11.3 Å². The molecule has 0 fully saturated rings. The number of aromatic nitrogens is 2. The molecular formula is C14H18FN3O2S. The standard InChI is InChI=1S/C14H18FN3O2S/c1-14(2,20-5-4-19)9-17-13-16-7-11(15)12(18-13)10-3-6-21-8-10/h3,6-8,19H,4-5,9H2,1-2H3,(H,16,17,18). The summed E-state index contributed by atoms with van der Waals surface area (Å²) in [5.74, 6) is -0.104. The molecule has 0 unspecified atom stereocenters. The van der Waals surface area contributed by atoms with E-state index in [9.17, 15) is 4.39 Å². The van der Waals surface area contributed by atoms with Crippen LogP contribution in [0.3, 0.4) is 0 Å². The Bertz CT molecular complexity index is 576. The van der Waals surface area contributed by atoms with Crippen LogP contribution in [0, 0.1) is 5.82 Å². The van der Waals surface area contributed by atoms with Gasteiger partial charge in [0.2, 0.25) is 5.95 Å². The topological polar surface area (TPSA) is 67.3 Å². The lowest BCUT2D eigenvalue weighted by Gasteiger charge is -2.25. The van der Waals surface area contributed by atoms with E-state index in [0.29, 0.717) is 12.5 Å². The van der Waals surface area contributed by atoms with Gasteiger partial charge in [-0.05, 0) is 25.3 Å². The van der Waals surface area contributed by atoms with Crippen LogP contribution in [0.2, 0.25) is 0 Å². The van der Waals surface area contributed by atoms with Crippen LogP contribution in [-0.4, -0.2) is 40.4 Å². The minimum atomic E-state index is -0.483. The van der Waals surface area contributed by atoms with Crippen LogP contribution < -0.4 is 5.32 Å². The number of halogens is 1. The highest BCUT2D eigenvalue weighted by Gasteiger charge is 2.19. The van der Waals surface area contributed by atoms with Crippen LogP contribution >= 0.6 is 11.3 Å². The SMILES string of the molecule is CC(C)(CNc1ncc(F)c(-c2ccsc2)n1)OCCO. The van der Waals surface area contributed by atoms with E-state index in [1.807, 2.05) is 30.7 Å². The van der Waals surface area contributed by atoms with Crippen molar-refractivity contribution in [2.45, 2.75) is 19.4 Å². The number of aliphatic hydroxyl groups is 1. The number of ether oxygens (including phenoxy) is 1. The minimum Gasteiger partial charge on any atom is -0.394 e. The predicted molar refractivity (Wildman–Crippen MR) is 80.9 cm³/mol. The lowest BCUT2D eigenvalue weighted by molar-refractivity contribution is -0.0238. The number of rotatable bonds is 7. The molecular weight excluding hydrogens is 293 g/mol. The second-order valence-electron chi connectivity index (χ2n) is 5.09. The van der Waals surface area contributed by atoms with Gasteiger partial charge < -0.3 is 15.2 Å². The first-order valence-electron chi connectivity index (χ1n) is 6.55. The van der Waals surface area contributed by atoms with E-state index in [1.165, 1.54) is 11.3 Å². The fraction of sp³-hybridized carbons (Fsp3) is 0.429. The van der Waals surface area contributed by atoms with Crippen molar-refractivity contribution in [3.8, 4) is 11.3 Å². The smallest absolute Gasteiger partial charge is 0.223 e. The lowest BCUT2D eigenvalue weighted by Crippen LogP contribution is -2.34. The second kappa shape index (κ2) is 6.93. The van der Waals surface area contributed by atoms with Gasteiger partial charge in [0.1, 0.15) is 5.69 Å². The molecule has 114 valence electrons. The molecule has 5 nitrogen and oxygen atoms in total. The molecule has 0 aromatic carbocycles. The summed E-state index contributed by atoms with van der Waals surface area (Å²) in [6, 6.07) is 1.81. The van der Waals surface area contributed by atoms with Crippen molar-refractivity contribution in [3.05, 3.63) is 28.8 Å². The Balaban J connectivity index is 2.06. The molecule has 2 heterocycles. The van der Waals surface area contributed by atoms with E-state index >= 15 is 0 Å². The van der Waals surface area contributed by atoms with Gasteiger partial charge in [0.05, 0.1) is 25.0 Å². The van der Waals surface area contributed by atoms with E-state index in [2.05, 4.69) is 15.3 Å². The van der Waals surface area contributed by atoms with Crippen molar-refractivity contribution in [1.29, 1.82) is 0 Å². The molecule has 0 saturated carbocycles. The Morgan fingerprint density at radius 3 is 2.95 bits per heavy atom. The zero-order valence-corrected chi connectivity index (χ0v) is 12.8. The first-order chi connectivity index (χ1) is 10.0. The average molecular weight is 311 g/mol. The molecule has 0 bridgehead atoms. The third-order valence-corrected chi connectivity index (χ3v) is 3.48. The Kier molecular flexibility index (Phi) is 5.22. The number of aliphatic hydroxyl groups excluding tert-OH is 1. The van der Waals surface area contributed by atoms with E-state index in [-0.39, 0.29) is 18.9 Å². The Labute approximate surface area is 126 Å². The van der Waals surface area contributed by atoms with Crippen molar-refractivity contribution in [2.24, 2.45) is 0 Å². The van der Waals surface area contributed by atoms with Crippen LogP contribution in [0.15, 0.2) is 23.0 Å². The summed E-state index contributed by atoms with van der Waals surface area (Å²) in [7, 11) is 0. The Hall–Kier alpha value is -1.57. The monoisotopic (exact) mass is 311 g/mol. The third kappa shape index (κ3) is 4.45. The Morgan fingerprint density at radius 2 is 2.29 bits per heavy atom. The number of nitrogens with one attached hydrogen (secondary N) is 1. The summed E-state index contributed by atoms with van der Waals surface area (Å²) in [5.41, 5.74) is 0.532. The van der Waals surface area contributed by atoms with E-state index in [0.717, 1.165) is 11.8 Å². The molecule has 0 spiro atoms. The zero-order chi connectivity index (χ0) is 15.3. The van der Waals surface area contributed by atoms with Gasteiger partial charge >= 0.3 is 0 Å². The van der Waals surface area contributed by atoms with Crippen LogP contribution in [0.5, 0.6) is 0 Å². The largest absolute Gasteiger partial charge is 0.394 e. The second-order valence-corrected chi connectivity index (χ2v) is 5.87. The molecule has 0 saturated heterocycles. The summed E-state index contributed by atoms with van der Waals surface area (Å²) in [5, 5.41) is 15.5. The van der Waals surface area contributed by atoms with Crippen molar-refractivity contribution >= 4 is 17.3 Å². The normalized spacial score (nSPS) is 11.6. The molecule has 21 heavy (non-hydrogen) atoms. The summed E-state index contributed by atoms with van der Waals surface area (Å²) >= 11 is 1.48. The molecule has 0 aliphatic carbocycles. The molecule has 0 aliphatic heterocycles. The van der Waals surface area contributed by atoms with Crippen molar-refractivity contribution < 1.29 is 14.2 Å². The molecule has 2 aromatic rings. The Morgan fingerprint density at radius 1 is 1.48 bits per heavy atom. The lowest BCUT2D eigenvalue weighted by atomic mass is 10.1. The van der Waals surface area contributed by atoms with Crippen LogP contribution in [0.1, 0.15) is 13.8 Å². The molecule has 0 radical (unpaired) electrons. The van der Waals surface area contributed by atoms with Crippen molar-refractivity contribution in [3.63, 3.8) is 0 Å². The van der Waals surface area contributed by atoms with Gasteiger partial charge in [-0.1, -0.05) is 0 Å². The average Bonchev–Trinajstić information content (AvgIpc) is 2.98. The first-order valence-corrected chi connectivity index (χ1v) is 7.50. The van der Waals surface area contributed by atoms with Crippen LogP contribution in [-0.2, 0) is 4.74 Å². The summed E-state index contributed by atoms with van der Waals surface area (Å²) < 4.78 is 19.3. The highest BCUT2D eigenvalue weighted by Crippen LogP contribution is 2.23. The number of nitrogens with zero attached hydrogens (tertiary/aromatic N) is 2. The maximum Gasteiger partial charge on any atom is 0.223 e. The van der Waals surface area contributed by atoms with Crippen molar-refractivity contribution in [2.75, 3.05) is 25.1 Å². The number of thiophene rings is 1. The van der Waals surface area contributed by atoms with Gasteiger partial charge in [-0.3, -0.25) is 0 Å². The highest BCUT2D eigenvalue weighted by atomic mass is 32.1. The van der Waals surface area contributed by atoms with Gasteiger partial charge in [-0.15, -0.1) is 0 Å². The van der Waals surface area contributed by atoms with Crippen molar-refractivity contribution in [1.82, 2.24) is 9.97 Å². The number of anilines is 1. The van der Waals surface area contributed by atoms with E-state index in [4.69, 9.17) is 9.84 Å². The maximum atomic E-state index is 13.8. The van der Waals surface area contributed by atoms with E-state index in [1.54, 1.807) is 0 Å². The molecule has 0 amide bonds. The fourth-order valence-electron chi connectivity index (χ4n) is 1.72. The fourth-order valence-corrected chi connectivity index (χ4v) is 2.36. The number of hydrogen-bond donors (Lipinski definition) is 2. The molecule has 7 heteroatoms. The van der Waals surface area contributed by atoms with E-state index < -0.39 is 11.4 Å². The summed E-state index contributed by atoms with van der Waals surface area (Å²) in [6.45, 7) is 4.46. The molecule has 2 rings (SSSR count). The van der Waals surface area contributed by atoms with Crippen LogP contribution in [0.4, 0.5) is 10.3 Å². The molecule has 2 N–H and O–H groups in total. The summed E-state index contributed by atoms with van der Waals surface area (Å²) in [6.07, 6.45) is 1.16. The molecule has 0 aliphatic rings. The quantitative estimate of drug-likeness (QED) is 0.822. The van der Waals surface area contributed by atoms with Gasteiger partial charge in [0, 0.05) is 17.5 Å². The summed E-state index contributed by atoms with van der Waals surface area (Å²) in [4.78, 5) is 8.14. The maximum absolute atomic E-state index is 13.8. The predicted octanol–water partition coefficient (Wildman–Crippen LogP) is 2.54. The first kappa shape index (κ1) is 15.8. The highest BCUT2D eigenvalue weighted by molar-refractivity contribution is 7.08.